The van der Waals surface area contributed by atoms with Crippen molar-refractivity contribution in [1.82, 2.24) is 0 Å². The number of benzene rings is 1. The van der Waals surface area contributed by atoms with Gasteiger partial charge in [-0.2, -0.15) is 0 Å². The van der Waals surface area contributed by atoms with Gasteiger partial charge in [0, 0.05) is 12.6 Å². The van der Waals surface area contributed by atoms with E-state index in [9.17, 15) is 13.6 Å². The van der Waals surface area contributed by atoms with Gasteiger partial charge in [0.15, 0.2) is 0 Å². The lowest BCUT2D eigenvalue weighted by Crippen LogP contribution is -2.37. The van der Waals surface area contributed by atoms with Crippen LogP contribution in [-0.4, -0.2) is 18.3 Å². The Morgan fingerprint density at radius 3 is 2.88 bits per heavy atom. The second kappa shape index (κ2) is 4.37. The molecule has 16 heavy (non-hydrogen) atoms. The third-order valence-corrected chi connectivity index (χ3v) is 2.85. The van der Waals surface area contributed by atoms with E-state index in [-0.39, 0.29) is 17.5 Å². The number of nitrogens with zero attached hydrogens (tertiary/aromatic N) is 1. The van der Waals surface area contributed by atoms with E-state index in [1.165, 1.54) is 11.0 Å². The molecule has 0 bridgehead atoms. The molecule has 0 fully saturated rings. The van der Waals surface area contributed by atoms with E-state index in [2.05, 4.69) is 0 Å². The van der Waals surface area contributed by atoms with Gasteiger partial charge in [-0.05, 0) is 24.5 Å². The van der Waals surface area contributed by atoms with Crippen LogP contribution in [0, 0.1) is 11.6 Å². The van der Waals surface area contributed by atoms with E-state index in [4.69, 9.17) is 11.6 Å². The minimum Gasteiger partial charge on any atom is -0.308 e. The van der Waals surface area contributed by atoms with E-state index in [0.717, 1.165) is 6.07 Å². The number of amides is 1. The number of carbonyl (C=O) groups excluding carboxylic acids is 1. The van der Waals surface area contributed by atoms with Crippen LogP contribution in [0.15, 0.2) is 12.1 Å². The van der Waals surface area contributed by atoms with Crippen molar-refractivity contribution >= 4 is 23.2 Å². The summed E-state index contributed by atoms with van der Waals surface area (Å²) in [7, 11) is 0. The maximum Gasteiger partial charge on any atom is 0.241 e. The van der Waals surface area contributed by atoms with E-state index < -0.39 is 11.6 Å². The molecule has 0 aliphatic carbocycles. The van der Waals surface area contributed by atoms with Crippen molar-refractivity contribution in [3.8, 4) is 0 Å². The number of hydrogen-bond donors (Lipinski definition) is 0. The first-order valence-electron chi connectivity index (χ1n) is 4.97. The van der Waals surface area contributed by atoms with Gasteiger partial charge in [0.2, 0.25) is 5.91 Å². The highest BCUT2D eigenvalue weighted by Gasteiger charge is 2.25. The first-order valence-corrected chi connectivity index (χ1v) is 5.51. The van der Waals surface area contributed by atoms with Crippen LogP contribution < -0.4 is 4.90 Å². The van der Waals surface area contributed by atoms with E-state index in [0.29, 0.717) is 24.9 Å². The highest BCUT2D eigenvalue weighted by Crippen LogP contribution is 2.31. The molecule has 1 amide bonds. The molecule has 0 unspecified atom stereocenters. The standard InChI is InChI=1S/C11H10ClF2NO/c12-6-10(16)15-3-1-2-7-4-8(13)5-9(14)11(7)15/h4-5H,1-3,6H2. The zero-order valence-corrected chi connectivity index (χ0v) is 9.23. The first-order chi connectivity index (χ1) is 7.63. The van der Waals surface area contributed by atoms with Crippen molar-refractivity contribution < 1.29 is 13.6 Å². The minimum atomic E-state index is -0.701. The average molecular weight is 246 g/mol. The summed E-state index contributed by atoms with van der Waals surface area (Å²) in [6, 6.07) is 2.06. The van der Waals surface area contributed by atoms with Crippen molar-refractivity contribution in [1.29, 1.82) is 0 Å². The molecular formula is C11H10ClF2NO. The summed E-state index contributed by atoms with van der Waals surface area (Å²) in [4.78, 5) is 12.8. The maximum atomic E-state index is 13.6. The summed E-state index contributed by atoms with van der Waals surface area (Å²) in [5.74, 6) is -1.87. The number of aryl methyl sites for hydroxylation is 1. The van der Waals surface area contributed by atoms with Crippen LogP contribution >= 0.6 is 11.6 Å². The number of halogens is 3. The summed E-state index contributed by atoms with van der Waals surface area (Å²) in [5.41, 5.74) is 0.709. The Morgan fingerprint density at radius 1 is 1.44 bits per heavy atom. The molecule has 1 aromatic rings. The van der Waals surface area contributed by atoms with Crippen molar-refractivity contribution in [3.63, 3.8) is 0 Å². The molecule has 0 aromatic heterocycles. The highest BCUT2D eigenvalue weighted by atomic mass is 35.5. The van der Waals surface area contributed by atoms with Gasteiger partial charge in [0.05, 0.1) is 5.69 Å². The Balaban J connectivity index is 2.49. The van der Waals surface area contributed by atoms with Gasteiger partial charge in [0.1, 0.15) is 17.5 Å². The normalized spacial score (nSPS) is 14.8. The van der Waals surface area contributed by atoms with E-state index in [1.807, 2.05) is 0 Å². The molecule has 2 nitrogen and oxygen atoms in total. The lowest BCUT2D eigenvalue weighted by atomic mass is 10.0. The summed E-state index contributed by atoms with van der Waals surface area (Å²) in [6.45, 7) is 0.432. The Morgan fingerprint density at radius 2 is 2.19 bits per heavy atom. The predicted molar refractivity (Wildman–Crippen MR) is 57.8 cm³/mol. The smallest absolute Gasteiger partial charge is 0.241 e. The maximum absolute atomic E-state index is 13.6. The summed E-state index contributed by atoms with van der Waals surface area (Å²) < 4.78 is 26.6. The number of anilines is 1. The topological polar surface area (TPSA) is 20.3 Å². The molecule has 0 N–H and O–H groups in total. The monoisotopic (exact) mass is 245 g/mol. The lowest BCUT2D eigenvalue weighted by Gasteiger charge is -2.29. The zero-order valence-electron chi connectivity index (χ0n) is 8.47. The van der Waals surface area contributed by atoms with Crippen LogP contribution in [0.25, 0.3) is 0 Å². The molecule has 86 valence electrons. The fraction of sp³-hybridized carbons (Fsp3) is 0.364. The quantitative estimate of drug-likeness (QED) is 0.696. The molecule has 1 heterocycles. The van der Waals surface area contributed by atoms with Crippen LogP contribution in [0.2, 0.25) is 0 Å². The van der Waals surface area contributed by atoms with Gasteiger partial charge in [0.25, 0.3) is 0 Å². The molecule has 1 aliphatic rings. The van der Waals surface area contributed by atoms with Gasteiger partial charge in [-0.1, -0.05) is 0 Å². The molecule has 0 spiro atoms. The number of rotatable bonds is 1. The summed E-state index contributed by atoms with van der Waals surface area (Å²) in [6.07, 6.45) is 1.27. The Labute approximate surface area is 96.8 Å². The molecule has 0 atom stereocenters. The summed E-state index contributed by atoms with van der Waals surface area (Å²) in [5, 5.41) is 0. The number of fused-ring (bicyclic) bond motifs is 1. The van der Waals surface area contributed by atoms with Gasteiger partial charge in [-0.15, -0.1) is 11.6 Å². The second-order valence-electron chi connectivity index (χ2n) is 3.68. The van der Waals surface area contributed by atoms with E-state index in [1.54, 1.807) is 0 Å². The van der Waals surface area contributed by atoms with Gasteiger partial charge in [-0.3, -0.25) is 4.79 Å². The molecule has 5 heteroatoms. The van der Waals surface area contributed by atoms with Crippen LogP contribution in [0.3, 0.4) is 0 Å². The molecular weight excluding hydrogens is 236 g/mol. The van der Waals surface area contributed by atoms with Crippen LogP contribution in [0.5, 0.6) is 0 Å². The van der Waals surface area contributed by atoms with E-state index >= 15 is 0 Å². The minimum absolute atomic E-state index is 0.179. The number of alkyl halides is 1. The fourth-order valence-electron chi connectivity index (χ4n) is 1.97. The average Bonchev–Trinajstić information content (AvgIpc) is 2.26. The SMILES string of the molecule is O=C(CCl)N1CCCc2cc(F)cc(F)c21. The first kappa shape index (κ1) is 11.3. The number of hydrogen-bond acceptors (Lipinski definition) is 1. The van der Waals surface area contributed by atoms with Gasteiger partial charge in [-0.25, -0.2) is 8.78 Å². The molecule has 1 aliphatic heterocycles. The molecule has 0 saturated carbocycles. The Hall–Kier alpha value is -1.16. The molecule has 1 aromatic carbocycles. The second-order valence-corrected chi connectivity index (χ2v) is 3.95. The Bertz CT molecular complexity index is 436. The molecule has 0 radical (unpaired) electrons. The molecule has 0 saturated heterocycles. The predicted octanol–water partition coefficient (Wildman–Crippen LogP) is 2.48. The number of carbonyl (C=O) groups is 1. The van der Waals surface area contributed by atoms with Crippen LogP contribution in [-0.2, 0) is 11.2 Å². The van der Waals surface area contributed by atoms with Gasteiger partial charge < -0.3 is 4.90 Å². The summed E-state index contributed by atoms with van der Waals surface area (Å²) >= 11 is 5.45. The third kappa shape index (κ3) is 1.89. The highest BCUT2D eigenvalue weighted by molar-refractivity contribution is 6.29. The zero-order chi connectivity index (χ0) is 11.7. The lowest BCUT2D eigenvalue weighted by molar-refractivity contribution is -0.116. The Kier molecular flexibility index (Phi) is 3.10. The van der Waals surface area contributed by atoms with Crippen LogP contribution in [0.1, 0.15) is 12.0 Å². The third-order valence-electron chi connectivity index (χ3n) is 2.62. The van der Waals surface area contributed by atoms with Crippen molar-refractivity contribution in [2.45, 2.75) is 12.8 Å². The largest absolute Gasteiger partial charge is 0.308 e. The van der Waals surface area contributed by atoms with Crippen molar-refractivity contribution in [2.24, 2.45) is 0 Å². The van der Waals surface area contributed by atoms with Crippen molar-refractivity contribution in [2.75, 3.05) is 17.3 Å². The fourth-order valence-corrected chi connectivity index (χ4v) is 2.12. The van der Waals surface area contributed by atoms with Crippen LogP contribution in [0.4, 0.5) is 14.5 Å². The van der Waals surface area contributed by atoms with Gasteiger partial charge >= 0.3 is 0 Å². The van der Waals surface area contributed by atoms with Crippen molar-refractivity contribution in [3.05, 3.63) is 29.3 Å². The molecule has 2 rings (SSSR count).